The van der Waals surface area contributed by atoms with E-state index in [9.17, 15) is 18.4 Å². The number of nitrogens with zero attached hydrogens (tertiary/aromatic N) is 3. The number of hydrazone groups is 1. The summed E-state index contributed by atoms with van der Waals surface area (Å²) in [5.41, 5.74) is 1.48. The van der Waals surface area contributed by atoms with Crippen molar-refractivity contribution in [1.29, 1.82) is 0 Å². The molecule has 22 heavy (non-hydrogen) atoms. The molecule has 2 rings (SSSR count). The quantitative estimate of drug-likeness (QED) is 0.749. The monoisotopic (exact) mass is 326 g/mol. The molecule has 1 aromatic rings. The van der Waals surface area contributed by atoms with Crippen LogP contribution >= 0.6 is 0 Å². The highest BCUT2D eigenvalue weighted by Gasteiger charge is 2.46. The Bertz CT molecular complexity index is 727. The van der Waals surface area contributed by atoms with Gasteiger partial charge < -0.3 is 5.21 Å². The van der Waals surface area contributed by atoms with Crippen LogP contribution in [0, 0.1) is 0 Å². The summed E-state index contributed by atoms with van der Waals surface area (Å²) >= 11 is 0. The van der Waals surface area contributed by atoms with Gasteiger partial charge in [0.05, 0.1) is 10.6 Å². The average Bonchev–Trinajstić information content (AvgIpc) is 2.72. The molecular weight excluding hydrogens is 308 g/mol. The number of benzene rings is 1. The number of hydrogen-bond acceptors (Lipinski definition) is 6. The minimum absolute atomic E-state index is 0.137. The van der Waals surface area contributed by atoms with Crippen molar-refractivity contribution in [1.82, 2.24) is 14.8 Å². The van der Waals surface area contributed by atoms with Gasteiger partial charge in [-0.3, -0.25) is 4.79 Å². The largest absolute Gasteiger partial charge is 0.315 e. The maximum atomic E-state index is 12.0. The van der Waals surface area contributed by atoms with E-state index in [-0.39, 0.29) is 4.90 Å². The summed E-state index contributed by atoms with van der Waals surface area (Å²) in [4.78, 5) is 12.2. The van der Waals surface area contributed by atoms with E-state index in [0.717, 1.165) is 9.31 Å². The Morgan fingerprint density at radius 3 is 2.27 bits per heavy atom. The van der Waals surface area contributed by atoms with Crippen molar-refractivity contribution in [3.8, 4) is 0 Å². The minimum Gasteiger partial charge on any atom is -0.315 e. The van der Waals surface area contributed by atoms with Crippen molar-refractivity contribution in [2.24, 2.45) is 5.10 Å². The number of carbonyl (C=O) groups is 1. The molecule has 1 amide bonds. The van der Waals surface area contributed by atoms with Crippen LogP contribution in [-0.4, -0.2) is 61.2 Å². The Balaban J connectivity index is 2.44. The number of likely N-dealkylation sites (N-methyl/N-ethyl adjacent to an activating group) is 1. The van der Waals surface area contributed by atoms with Crippen LogP contribution in [-0.2, 0) is 14.8 Å². The van der Waals surface area contributed by atoms with Gasteiger partial charge in [0.25, 0.3) is 5.91 Å². The zero-order chi connectivity index (χ0) is 16.7. The topological polar surface area (TPSA) is 102 Å². The smallest absolute Gasteiger partial charge is 0.270 e. The summed E-state index contributed by atoms with van der Waals surface area (Å²) in [6.45, 7) is 1.50. The molecule has 2 N–H and O–H groups in total. The summed E-state index contributed by atoms with van der Waals surface area (Å²) in [5.74, 6) is -0.407. The van der Waals surface area contributed by atoms with E-state index in [0.29, 0.717) is 11.3 Å². The van der Waals surface area contributed by atoms with Crippen molar-refractivity contribution in [2.45, 2.75) is 17.4 Å². The Morgan fingerprint density at radius 1 is 1.27 bits per heavy atom. The van der Waals surface area contributed by atoms with Gasteiger partial charge in [0.2, 0.25) is 10.0 Å². The summed E-state index contributed by atoms with van der Waals surface area (Å²) in [7, 11) is 0.858. The number of amides is 1. The van der Waals surface area contributed by atoms with Crippen LogP contribution < -0.4 is 5.48 Å². The van der Waals surface area contributed by atoms with Crippen LogP contribution in [0.25, 0.3) is 0 Å². The lowest BCUT2D eigenvalue weighted by atomic mass is 9.91. The van der Waals surface area contributed by atoms with Crippen LogP contribution in [0.15, 0.2) is 34.3 Å². The molecule has 1 heterocycles. The van der Waals surface area contributed by atoms with Gasteiger partial charge >= 0.3 is 0 Å². The fourth-order valence-electron chi connectivity index (χ4n) is 2.16. The molecule has 0 saturated carbocycles. The van der Waals surface area contributed by atoms with Gasteiger partial charge in [0.1, 0.15) is 0 Å². The van der Waals surface area contributed by atoms with E-state index in [1.807, 2.05) is 5.48 Å². The molecule has 8 nitrogen and oxygen atoms in total. The molecule has 1 unspecified atom stereocenters. The van der Waals surface area contributed by atoms with E-state index in [2.05, 4.69) is 5.10 Å². The van der Waals surface area contributed by atoms with E-state index in [1.165, 1.54) is 40.2 Å². The molecule has 1 atom stereocenters. The Labute approximate surface area is 129 Å². The summed E-state index contributed by atoms with van der Waals surface area (Å²) in [6, 6.07) is 5.98. The van der Waals surface area contributed by atoms with E-state index in [1.54, 1.807) is 12.1 Å². The third kappa shape index (κ3) is 2.41. The highest BCUT2D eigenvalue weighted by molar-refractivity contribution is 7.89. The standard InChI is InChI=1S/C13H18N4O4S/c1-13(15-19)11(14-17(4)12(13)18)9-5-7-10(8-6-9)22(20,21)16(2)3/h5-8,15,19H,1-4H3. The van der Waals surface area contributed by atoms with Gasteiger partial charge in [-0.1, -0.05) is 12.1 Å². The van der Waals surface area contributed by atoms with Gasteiger partial charge in [-0.05, 0) is 19.1 Å². The molecule has 0 fully saturated rings. The molecule has 1 aliphatic heterocycles. The molecule has 120 valence electrons. The number of rotatable bonds is 4. The fraction of sp³-hybridized carbons (Fsp3) is 0.385. The van der Waals surface area contributed by atoms with Crippen molar-refractivity contribution in [2.75, 3.05) is 21.1 Å². The SMILES string of the molecule is CN1N=C(c2ccc(S(=O)(=O)N(C)C)cc2)C(C)(NO)C1=O. The fourth-order valence-corrected chi connectivity index (χ4v) is 3.06. The predicted molar refractivity (Wildman–Crippen MR) is 79.9 cm³/mol. The maximum Gasteiger partial charge on any atom is 0.270 e. The van der Waals surface area contributed by atoms with Crippen molar-refractivity contribution in [3.63, 3.8) is 0 Å². The van der Waals surface area contributed by atoms with Crippen molar-refractivity contribution >= 4 is 21.6 Å². The molecule has 1 aliphatic rings. The van der Waals surface area contributed by atoms with Crippen LogP contribution in [0.4, 0.5) is 0 Å². The molecule has 0 radical (unpaired) electrons. The Kier molecular flexibility index (Phi) is 4.09. The van der Waals surface area contributed by atoms with E-state index < -0.39 is 21.5 Å². The lowest BCUT2D eigenvalue weighted by molar-refractivity contribution is -0.134. The zero-order valence-electron chi connectivity index (χ0n) is 12.7. The van der Waals surface area contributed by atoms with Crippen LogP contribution in [0.5, 0.6) is 0 Å². The normalized spacial score (nSPS) is 22.4. The summed E-state index contributed by atoms with van der Waals surface area (Å²) in [5, 5.41) is 14.6. The first-order valence-electron chi connectivity index (χ1n) is 6.46. The highest BCUT2D eigenvalue weighted by atomic mass is 32.2. The molecule has 0 aromatic heterocycles. The van der Waals surface area contributed by atoms with E-state index in [4.69, 9.17) is 0 Å². The number of nitrogens with one attached hydrogen (secondary N) is 1. The third-order valence-electron chi connectivity index (χ3n) is 3.58. The molecule has 0 bridgehead atoms. The Morgan fingerprint density at radius 2 is 1.82 bits per heavy atom. The van der Waals surface area contributed by atoms with E-state index >= 15 is 0 Å². The third-order valence-corrected chi connectivity index (χ3v) is 5.40. The van der Waals surface area contributed by atoms with Gasteiger partial charge in [-0.15, -0.1) is 0 Å². The molecule has 0 saturated heterocycles. The molecule has 0 aliphatic carbocycles. The number of sulfonamides is 1. The van der Waals surface area contributed by atoms with Crippen LogP contribution in [0.2, 0.25) is 0 Å². The first kappa shape index (κ1) is 16.6. The van der Waals surface area contributed by atoms with Gasteiger partial charge in [-0.25, -0.2) is 17.7 Å². The number of carbonyl (C=O) groups excluding carboxylic acids is 1. The summed E-state index contributed by atoms with van der Waals surface area (Å²) < 4.78 is 25.2. The molecular formula is C13H18N4O4S. The van der Waals surface area contributed by atoms with Crippen LogP contribution in [0.1, 0.15) is 12.5 Å². The second kappa shape index (κ2) is 5.43. The van der Waals surface area contributed by atoms with Gasteiger partial charge in [0.15, 0.2) is 5.54 Å². The second-order valence-electron chi connectivity index (χ2n) is 5.33. The number of hydrogen-bond donors (Lipinski definition) is 2. The average molecular weight is 326 g/mol. The maximum absolute atomic E-state index is 12.0. The predicted octanol–water partition coefficient (Wildman–Crippen LogP) is -0.149. The molecule has 0 spiro atoms. The van der Waals surface area contributed by atoms with Crippen molar-refractivity contribution < 1.29 is 18.4 Å². The van der Waals surface area contributed by atoms with Crippen molar-refractivity contribution in [3.05, 3.63) is 29.8 Å². The number of hydroxylamine groups is 1. The molecule has 9 heteroatoms. The Hall–Kier alpha value is -1.81. The minimum atomic E-state index is -3.52. The lowest BCUT2D eigenvalue weighted by Crippen LogP contribution is -2.53. The lowest BCUT2D eigenvalue weighted by Gasteiger charge is -2.22. The highest BCUT2D eigenvalue weighted by Crippen LogP contribution is 2.24. The second-order valence-corrected chi connectivity index (χ2v) is 7.48. The molecule has 1 aromatic carbocycles. The first-order chi connectivity index (χ1) is 10.1. The zero-order valence-corrected chi connectivity index (χ0v) is 13.5. The van der Waals surface area contributed by atoms with Crippen LogP contribution in [0.3, 0.4) is 0 Å². The van der Waals surface area contributed by atoms with Gasteiger partial charge in [-0.2, -0.15) is 10.6 Å². The van der Waals surface area contributed by atoms with Gasteiger partial charge in [0, 0.05) is 26.7 Å². The summed E-state index contributed by atoms with van der Waals surface area (Å²) in [6.07, 6.45) is 0. The first-order valence-corrected chi connectivity index (χ1v) is 7.90.